The van der Waals surface area contributed by atoms with Crippen molar-refractivity contribution in [3.63, 3.8) is 0 Å². The van der Waals surface area contributed by atoms with Crippen LogP contribution in [0.25, 0.3) is 0 Å². The van der Waals surface area contributed by atoms with Gasteiger partial charge < -0.3 is 14.7 Å². The summed E-state index contributed by atoms with van der Waals surface area (Å²) >= 11 is 0. The monoisotopic (exact) mass is 259 g/mol. The first-order valence-corrected chi connectivity index (χ1v) is 4.44. The van der Waals surface area contributed by atoms with Crippen molar-refractivity contribution in [2.45, 2.75) is 0 Å². The summed E-state index contributed by atoms with van der Waals surface area (Å²) in [5, 5.41) is 0. The first kappa shape index (κ1) is 17.5. The van der Waals surface area contributed by atoms with Crippen molar-refractivity contribution in [3.05, 3.63) is 0 Å². The Labute approximate surface area is 72.5 Å². The molecule has 11 heavy (non-hydrogen) atoms. The van der Waals surface area contributed by atoms with Gasteiger partial charge in [0, 0.05) is 17.1 Å². The van der Waals surface area contributed by atoms with Crippen LogP contribution in [0.5, 0.6) is 0 Å². The van der Waals surface area contributed by atoms with Crippen LogP contribution in [0.2, 0.25) is 0 Å². The first-order chi connectivity index (χ1) is 4.00. The van der Waals surface area contributed by atoms with Gasteiger partial charge >= 0.3 is 18.2 Å². The van der Waals surface area contributed by atoms with Gasteiger partial charge in [0.1, 0.15) is 0 Å². The Bertz CT molecular complexity index is 192. The summed E-state index contributed by atoms with van der Waals surface area (Å²) in [7, 11) is -9.31. The van der Waals surface area contributed by atoms with Crippen molar-refractivity contribution in [1.29, 1.82) is 0 Å². The van der Waals surface area contributed by atoms with E-state index in [0.29, 0.717) is 0 Å². The summed E-state index contributed by atoms with van der Waals surface area (Å²) in [6, 6.07) is 0. The number of hydrogen-bond donors (Lipinski definition) is 5. The van der Waals surface area contributed by atoms with Gasteiger partial charge in [-0.15, -0.1) is 0 Å². The van der Waals surface area contributed by atoms with Gasteiger partial charge in [-0.05, 0) is 0 Å². The standard InChI is InChI=1S/Cu.H3O4P.H2O4S/c;2*1-5(2,3)4/h;(H3,1,2,3,4);(H2,1,2,3,4). The summed E-state index contributed by atoms with van der Waals surface area (Å²) in [4.78, 5) is 21.6. The summed E-state index contributed by atoms with van der Waals surface area (Å²) < 4.78 is 40.5. The third kappa shape index (κ3) is 3040. The van der Waals surface area contributed by atoms with Crippen LogP contribution in [-0.2, 0) is 32.0 Å². The molecule has 0 heterocycles. The normalized spacial score (nSPS) is 10.6. The Balaban J connectivity index is -0.000000107. The van der Waals surface area contributed by atoms with Gasteiger partial charge in [0.15, 0.2) is 0 Å². The van der Waals surface area contributed by atoms with Crippen molar-refractivity contribution in [2.24, 2.45) is 0 Å². The molecule has 0 aromatic heterocycles. The van der Waals surface area contributed by atoms with Gasteiger partial charge in [0.05, 0.1) is 0 Å². The van der Waals surface area contributed by atoms with Crippen LogP contribution in [0.3, 0.4) is 0 Å². The van der Waals surface area contributed by atoms with Crippen molar-refractivity contribution in [1.82, 2.24) is 0 Å². The summed E-state index contributed by atoms with van der Waals surface area (Å²) in [5.74, 6) is 0. The van der Waals surface area contributed by atoms with Crippen LogP contribution < -0.4 is 0 Å². The van der Waals surface area contributed by atoms with Crippen LogP contribution in [0.4, 0.5) is 0 Å². The van der Waals surface area contributed by atoms with E-state index in [9.17, 15) is 0 Å². The maximum absolute atomic E-state index is 8.88. The molecule has 0 bridgehead atoms. The van der Waals surface area contributed by atoms with E-state index in [2.05, 4.69) is 0 Å². The van der Waals surface area contributed by atoms with E-state index >= 15 is 0 Å². The fourth-order valence-electron chi connectivity index (χ4n) is 0. The van der Waals surface area contributed by atoms with E-state index in [-0.39, 0.29) is 17.1 Å². The fourth-order valence-corrected chi connectivity index (χ4v) is 0. The van der Waals surface area contributed by atoms with Gasteiger partial charge in [-0.3, -0.25) is 9.11 Å². The van der Waals surface area contributed by atoms with Crippen molar-refractivity contribution < 1.29 is 53.8 Å². The molecule has 8 nitrogen and oxygen atoms in total. The van der Waals surface area contributed by atoms with E-state index < -0.39 is 18.2 Å². The maximum Gasteiger partial charge on any atom is 0.466 e. The molecular weight excluding hydrogens is 255 g/mol. The molecule has 0 aliphatic rings. The van der Waals surface area contributed by atoms with E-state index in [1.54, 1.807) is 0 Å². The maximum atomic E-state index is 8.88. The molecule has 0 amide bonds. The second-order valence-electron chi connectivity index (χ2n) is 0.961. The minimum Gasteiger partial charge on any atom is -0.303 e. The molecule has 0 unspecified atom stereocenters. The second-order valence-corrected chi connectivity index (χ2v) is 2.88. The van der Waals surface area contributed by atoms with E-state index in [4.69, 9.17) is 36.8 Å². The molecule has 0 aromatic rings. The smallest absolute Gasteiger partial charge is 0.303 e. The molecule has 0 aromatic carbocycles. The van der Waals surface area contributed by atoms with E-state index in [0.717, 1.165) is 0 Å². The largest absolute Gasteiger partial charge is 0.466 e. The quantitative estimate of drug-likeness (QED) is 0.198. The topological polar surface area (TPSA) is 152 Å². The minimum absolute atomic E-state index is 0. The van der Waals surface area contributed by atoms with Gasteiger partial charge in [0.25, 0.3) is 0 Å². The Morgan fingerprint density at radius 3 is 1.00 bits per heavy atom. The average Bonchev–Trinajstić information content (AvgIpc) is 1.12. The van der Waals surface area contributed by atoms with Crippen LogP contribution >= 0.6 is 7.82 Å². The number of rotatable bonds is 0. The Kier molecular flexibility index (Phi) is 9.67. The Morgan fingerprint density at radius 1 is 1.00 bits per heavy atom. The molecule has 5 N–H and O–H groups in total. The van der Waals surface area contributed by atoms with Gasteiger partial charge in [-0.2, -0.15) is 8.42 Å². The van der Waals surface area contributed by atoms with Crippen LogP contribution in [0, 0.1) is 0 Å². The Morgan fingerprint density at radius 2 is 1.00 bits per heavy atom. The number of hydrogen-bond acceptors (Lipinski definition) is 3. The third-order valence-electron chi connectivity index (χ3n) is 0. The average molecular weight is 260 g/mol. The summed E-state index contributed by atoms with van der Waals surface area (Å²) in [6.45, 7) is 0. The SMILES string of the molecule is O=P(O)(O)O.O=S(=O)(O)O.[Cu]. The zero-order chi connectivity index (χ0) is 9.00. The molecule has 0 saturated heterocycles. The molecule has 0 fully saturated rings. The van der Waals surface area contributed by atoms with E-state index in [1.807, 2.05) is 0 Å². The van der Waals surface area contributed by atoms with Crippen molar-refractivity contribution >= 4 is 18.2 Å². The predicted molar refractivity (Wildman–Crippen MR) is 28.4 cm³/mol. The fraction of sp³-hybridized carbons (Fsp3) is 0. The van der Waals surface area contributed by atoms with Crippen LogP contribution in [0.1, 0.15) is 0 Å². The van der Waals surface area contributed by atoms with Gasteiger partial charge in [-0.25, -0.2) is 4.57 Å². The first-order valence-electron chi connectivity index (χ1n) is 1.48. The molecule has 0 saturated carbocycles. The molecule has 0 aliphatic heterocycles. The van der Waals surface area contributed by atoms with Gasteiger partial charge in [0.2, 0.25) is 0 Å². The zero-order valence-electron chi connectivity index (χ0n) is 4.62. The van der Waals surface area contributed by atoms with E-state index in [1.165, 1.54) is 0 Å². The molecular formula is H5CuO8PS. The van der Waals surface area contributed by atoms with Crippen LogP contribution in [-0.4, -0.2) is 32.2 Å². The van der Waals surface area contributed by atoms with Crippen molar-refractivity contribution in [2.75, 3.05) is 0 Å². The molecule has 0 rings (SSSR count). The molecule has 0 spiro atoms. The molecule has 1 radical (unpaired) electrons. The second kappa shape index (κ2) is 6.06. The molecule has 75 valence electrons. The molecule has 0 aliphatic carbocycles. The molecule has 11 heteroatoms. The molecule has 0 atom stereocenters. The third-order valence-corrected chi connectivity index (χ3v) is 0. The summed E-state index contributed by atoms with van der Waals surface area (Å²) in [6.07, 6.45) is 0. The zero-order valence-corrected chi connectivity index (χ0v) is 7.27. The Hall–Kier alpha value is 0.499. The predicted octanol–water partition coefficient (Wildman–Crippen LogP) is -1.58. The van der Waals surface area contributed by atoms with Crippen molar-refractivity contribution in [3.8, 4) is 0 Å². The van der Waals surface area contributed by atoms with Gasteiger partial charge in [-0.1, -0.05) is 0 Å². The minimum atomic E-state index is -4.67. The number of phosphoric acid groups is 1. The van der Waals surface area contributed by atoms with Crippen LogP contribution in [0.15, 0.2) is 0 Å². The summed E-state index contributed by atoms with van der Waals surface area (Å²) in [5.41, 5.74) is 0.